The lowest BCUT2D eigenvalue weighted by molar-refractivity contribution is -0.138. The monoisotopic (exact) mass is 549 g/mol. The summed E-state index contributed by atoms with van der Waals surface area (Å²) >= 11 is 6.17. The van der Waals surface area contributed by atoms with E-state index in [4.69, 9.17) is 16.3 Å². The smallest absolute Gasteiger partial charge is 0.411 e. The molecule has 39 heavy (non-hydrogen) atoms. The molecular formula is C30H29ClFN3O4. The number of nitrogens with one attached hydrogen (secondary N) is 1. The van der Waals surface area contributed by atoms with Crippen LogP contribution in [0.15, 0.2) is 72.8 Å². The summed E-state index contributed by atoms with van der Waals surface area (Å²) < 4.78 is 19.1. The number of benzene rings is 3. The molecule has 9 heteroatoms. The molecular weight excluding hydrogens is 521 g/mol. The quantitative estimate of drug-likeness (QED) is 0.406. The molecule has 0 aromatic heterocycles. The molecule has 0 bridgehead atoms. The highest BCUT2D eigenvalue weighted by Gasteiger charge is 2.48. The standard InChI is InChI=1S/C30H29ClFN3O4/c1-19-12-14-34(15-13-19)29(37)26-27(39-30(38)35(26)18-20-4-2-6-23(31)16-20)22-5-3-7-25(17-22)33-28(36)21-8-10-24(32)11-9-21/h2-11,16-17,19,26-27H,12-15,18H2,1H3,(H,33,36). The third-order valence-corrected chi connectivity index (χ3v) is 7.49. The summed E-state index contributed by atoms with van der Waals surface area (Å²) in [5.74, 6) is -0.471. The summed E-state index contributed by atoms with van der Waals surface area (Å²) in [6.07, 6.45) is 0.338. The number of hydrogen-bond donors (Lipinski definition) is 1. The number of carbonyl (C=O) groups excluding carboxylic acids is 3. The normalized spacial score (nSPS) is 19.6. The molecule has 2 aliphatic heterocycles. The first kappa shape index (κ1) is 26.7. The molecule has 202 valence electrons. The number of carbonyl (C=O) groups is 3. The van der Waals surface area contributed by atoms with Gasteiger partial charge in [-0.05, 0) is 78.4 Å². The van der Waals surface area contributed by atoms with Crippen LogP contribution in [0.3, 0.4) is 0 Å². The van der Waals surface area contributed by atoms with Gasteiger partial charge in [-0.1, -0.05) is 42.8 Å². The van der Waals surface area contributed by atoms with Gasteiger partial charge >= 0.3 is 6.09 Å². The van der Waals surface area contributed by atoms with Crippen molar-refractivity contribution < 1.29 is 23.5 Å². The zero-order chi connectivity index (χ0) is 27.5. The first-order chi connectivity index (χ1) is 18.8. The lowest BCUT2D eigenvalue weighted by Crippen LogP contribution is -2.50. The van der Waals surface area contributed by atoms with E-state index >= 15 is 0 Å². The van der Waals surface area contributed by atoms with Crippen molar-refractivity contribution in [3.05, 3.63) is 100 Å². The second kappa shape index (κ2) is 11.5. The number of ether oxygens (including phenoxy) is 1. The third-order valence-electron chi connectivity index (χ3n) is 7.25. The van der Waals surface area contributed by atoms with Crippen LogP contribution in [-0.2, 0) is 16.1 Å². The summed E-state index contributed by atoms with van der Waals surface area (Å²) in [5.41, 5.74) is 2.13. The topological polar surface area (TPSA) is 79.0 Å². The fourth-order valence-corrected chi connectivity index (χ4v) is 5.25. The zero-order valence-corrected chi connectivity index (χ0v) is 22.2. The van der Waals surface area contributed by atoms with Gasteiger partial charge in [0.05, 0.1) is 6.54 Å². The number of hydrogen-bond acceptors (Lipinski definition) is 4. The van der Waals surface area contributed by atoms with Crippen LogP contribution in [0.2, 0.25) is 5.02 Å². The molecule has 0 spiro atoms. The highest BCUT2D eigenvalue weighted by molar-refractivity contribution is 6.30. The number of amides is 3. The SMILES string of the molecule is CC1CCN(C(=O)C2C(c3cccc(NC(=O)c4ccc(F)cc4)c3)OC(=O)N2Cc2cccc(Cl)c2)CC1. The molecule has 0 aliphatic carbocycles. The molecule has 2 unspecified atom stereocenters. The minimum Gasteiger partial charge on any atom is -0.438 e. The Morgan fingerprint density at radius 2 is 1.74 bits per heavy atom. The fourth-order valence-electron chi connectivity index (χ4n) is 5.04. The van der Waals surface area contributed by atoms with Gasteiger partial charge in [-0.25, -0.2) is 9.18 Å². The molecule has 0 radical (unpaired) electrons. The van der Waals surface area contributed by atoms with Crippen LogP contribution >= 0.6 is 11.6 Å². The maximum absolute atomic E-state index is 13.9. The molecule has 3 amide bonds. The number of rotatable bonds is 6. The van der Waals surface area contributed by atoms with Crippen molar-refractivity contribution in [2.75, 3.05) is 18.4 Å². The van der Waals surface area contributed by atoms with Gasteiger partial charge in [-0.15, -0.1) is 0 Å². The summed E-state index contributed by atoms with van der Waals surface area (Å²) in [4.78, 5) is 43.0. The van der Waals surface area contributed by atoms with Crippen LogP contribution in [0.25, 0.3) is 0 Å². The van der Waals surface area contributed by atoms with Gasteiger partial charge in [0.25, 0.3) is 5.91 Å². The Balaban J connectivity index is 1.43. The minimum absolute atomic E-state index is 0.164. The van der Waals surface area contributed by atoms with Gasteiger partial charge in [-0.2, -0.15) is 0 Å². The average Bonchev–Trinajstić information content (AvgIpc) is 3.25. The van der Waals surface area contributed by atoms with Gasteiger partial charge in [0.1, 0.15) is 5.82 Å². The van der Waals surface area contributed by atoms with Crippen LogP contribution in [0.5, 0.6) is 0 Å². The molecule has 1 N–H and O–H groups in total. The summed E-state index contributed by atoms with van der Waals surface area (Å²) in [7, 11) is 0. The molecule has 2 atom stereocenters. The summed E-state index contributed by atoms with van der Waals surface area (Å²) in [5, 5.41) is 3.33. The van der Waals surface area contributed by atoms with E-state index in [9.17, 15) is 18.8 Å². The lowest BCUT2D eigenvalue weighted by Gasteiger charge is -2.34. The van der Waals surface area contributed by atoms with Crippen LogP contribution in [0.1, 0.15) is 47.4 Å². The van der Waals surface area contributed by atoms with Gasteiger partial charge in [-0.3, -0.25) is 14.5 Å². The average molecular weight is 550 g/mol. The van der Waals surface area contributed by atoms with E-state index < -0.39 is 30.0 Å². The Kier molecular flexibility index (Phi) is 7.84. The van der Waals surface area contributed by atoms with Gasteiger partial charge in [0, 0.05) is 29.4 Å². The molecule has 2 aliphatic rings. The fraction of sp³-hybridized carbons (Fsp3) is 0.300. The number of piperidine rings is 1. The van der Waals surface area contributed by atoms with Crippen molar-refractivity contribution in [2.45, 2.75) is 38.5 Å². The first-order valence-corrected chi connectivity index (χ1v) is 13.3. The Labute approximate surface area is 231 Å². The molecule has 2 saturated heterocycles. The molecule has 7 nitrogen and oxygen atoms in total. The van der Waals surface area contributed by atoms with E-state index in [1.54, 1.807) is 42.5 Å². The van der Waals surface area contributed by atoms with Crippen LogP contribution in [0.4, 0.5) is 14.9 Å². The molecule has 3 aromatic carbocycles. The van der Waals surface area contributed by atoms with Crippen molar-refractivity contribution >= 4 is 35.2 Å². The molecule has 2 fully saturated rings. The van der Waals surface area contributed by atoms with Crippen LogP contribution in [-0.4, -0.2) is 46.8 Å². The van der Waals surface area contributed by atoms with Crippen LogP contribution < -0.4 is 5.32 Å². The highest BCUT2D eigenvalue weighted by atomic mass is 35.5. The largest absolute Gasteiger partial charge is 0.438 e. The van der Waals surface area contributed by atoms with E-state index in [1.165, 1.54) is 29.2 Å². The number of anilines is 1. The van der Waals surface area contributed by atoms with E-state index in [0.29, 0.717) is 40.8 Å². The molecule has 0 saturated carbocycles. The van der Waals surface area contributed by atoms with Gasteiger partial charge in [0.15, 0.2) is 12.1 Å². The molecule has 2 heterocycles. The first-order valence-electron chi connectivity index (χ1n) is 13.0. The van der Waals surface area contributed by atoms with Crippen molar-refractivity contribution in [1.82, 2.24) is 9.80 Å². The van der Waals surface area contributed by atoms with Gasteiger partial charge < -0.3 is 15.0 Å². The number of likely N-dealkylation sites (tertiary alicyclic amines) is 1. The second-order valence-electron chi connectivity index (χ2n) is 10.1. The van der Waals surface area contributed by atoms with E-state index in [1.807, 2.05) is 11.0 Å². The number of cyclic esters (lactones) is 1. The summed E-state index contributed by atoms with van der Waals surface area (Å²) in [6, 6.07) is 18.4. The second-order valence-corrected chi connectivity index (χ2v) is 10.5. The minimum atomic E-state index is -0.882. The maximum Gasteiger partial charge on any atom is 0.411 e. The predicted molar refractivity (Wildman–Crippen MR) is 146 cm³/mol. The van der Waals surface area contributed by atoms with E-state index in [0.717, 1.165) is 18.4 Å². The Bertz CT molecular complexity index is 1370. The van der Waals surface area contributed by atoms with E-state index in [2.05, 4.69) is 12.2 Å². The lowest BCUT2D eigenvalue weighted by atomic mass is 9.96. The van der Waals surface area contributed by atoms with Crippen LogP contribution in [0, 0.1) is 11.7 Å². The Morgan fingerprint density at radius 1 is 1.03 bits per heavy atom. The van der Waals surface area contributed by atoms with Crippen molar-refractivity contribution in [3.63, 3.8) is 0 Å². The molecule has 5 rings (SSSR count). The Hall–Kier alpha value is -3.91. The maximum atomic E-state index is 13.9. The predicted octanol–water partition coefficient (Wildman–Crippen LogP) is 6.05. The van der Waals surface area contributed by atoms with Crippen molar-refractivity contribution in [1.29, 1.82) is 0 Å². The van der Waals surface area contributed by atoms with Crippen molar-refractivity contribution in [2.24, 2.45) is 5.92 Å². The number of nitrogens with zero attached hydrogens (tertiary/aromatic N) is 2. The van der Waals surface area contributed by atoms with Gasteiger partial charge in [0.2, 0.25) is 5.91 Å². The number of halogens is 2. The zero-order valence-electron chi connectivity index (χ0n) is 21.5. The van der Waals surface area contributed by atoms with Crippen molar-refractivity contribution in [3.8, 4) is 0 Å². The Morgan fingerprint density at radius 3 is 2.46 bits per heavy atom. The third kappa shape index (κ3) is 6.06. The summed E-state index contributed by atoms with van der Waals surface area (Å²) in [6.45, 7) is 3.58. The van der Waals surface area contributed by atoms with E-state index in [-0.39, 0.29) is 12.5 Å². The highest BCUT2D eigenvalue weighted by Crippen LogP contribution is 2.36. The molecule has 3 aromatic rings.